The topological polar surface area (TPSA) is 55.1 Å². The van der Waals surface area contributed by atoms with Crippen LogP contribution in [0.1, 0.15) is 43.7 Å². The van der Waals surface area contributed by atoms with Gasteiger partial charge in [0.15, 0.2) is 0 Å². The number of carbonyl (C=O) groups excluding carboxylic acids is 1. The monoisotopic (exact) mass is 328 g/mol. The van der Waals surface area contributed by atoms with Gasteiger partial charge in [-0.05, 0) is 36.6 Å². The maximum atomic E-state index is 13.3. The van der Waals surface area contributed by atoms with Crippen molar-refractivity contribution in [3.8, 4) is 0 Å². The number of halogens is 2. The van der Waals surface area contributed by atoms with E-state index in [1.165, 1.54) is 18.6 Å². The third-order valence-electron chi connectivity index (χ3n) is 3.56. The molecule has 0 radical (unpaired) electrons. The quantitative estimate of drug-likeness (QED) is 0.892. The Morgan fingerprint density at radius 2 is 2.05 bits per heavy atom. The molecule has 2 rings (SSSR count). The highest BCUT2D eigenvalue weighted by Gasteiger charge is 2.25. The first kappa shape index (κ1) is 14.5. The van der Waals surface area contributed by atoms with E-state index in [-0.39, 0.29) is 11.9 Å². The average molecular weight is 329 g/mol. The van der Waals surface area contributed by atoms with Crippen LogP contribution in [0.25, 0.3) is 0 Å². The largest absolute Gasteiger partial charge is 0.368 e. The molecule has 0 saturated heterocycles. The summed E-state index contributed by atoms with van der Waals surface area (Å²) >= 11 is 3.35. The van der Waals surface area contributed by atoms with E-state index in [2.05, 4.69) is 21.2 Å². The van der Waals surface area contributed by atoms with Crippen molar-refractivity contribution in [3.05, 3.63) is 34.1 Å². The lowest BCUT2D eigenvalue weighted by Gasteiger charge is -2.27. The molecule has 1 aliphatic carbocycles. The number of carbonyl (C=O) groups is 1. The van der Waals surface area contributed by atoms with E-state index >= 15 is 0 Å². The van der Waals surface area contributed by atoms with E-state index in [4.69, 9.17) is 5.73 Å². The number of hydrogen-bond donors (Lipinski definition) is 2. The molecular weight excluding hydrogens is 311 g/mol. The van der Waals surface area contributed by atoms with E-state index in [1.54, 1.807) is 6.07 Å². The molecule has 1 unspecified atom stereocenters. The van der Waals surface area contributed by atoms with Gasteiger partial charge in [-0.2, -0.15) is 0 Å². The van der Waals surface area contributed by atoms with Crippen molar-refractivity contribution in [1.29, 1.82) is 0 Å². The van der Waals surface area contributed by atoms with Gasteiger partial charge < -0.3 is 5.73 Å². The lowest BCUT2D eigenvalue weighted by molar-refractivity contribution is -0.120. The first-order valence-corrected chi connectivity index (χ1v) is 7.37. The average Bonchev–Trinajstić information content (AvgIpc) is 2.40. The van der Waals surface area contributed by atoms with Crippen LogP contribution < -0.4 is 11.1 Å². The maximum absolute atomic E-state index is 13.3. The summed E-state index contributed by atoms with van der Waals surface area (Å²) in [6, 6.07) is 3.94. The summed E-state index contributed by atoms with van der Waals surface area (Å²) in [4.78, 5) is 11.7. The van der Waals surface area contributed by atoms with E-state index in [9.17, 15) is 9.18 Å². The number of nitrogens with one attached hydrogen (secondary N) is 1. The summed E-state index contributed by atoms with van der Waals surface area (Å²) in [6.07, 6.45) is 5.64. The second-order valence-electron chi connectivity index (χ2n) is 5.00. The summed E-state index contributed by atoms with van der Waals surface area (Å²) in [6.45, 7) is 0. The van der Waals surface area contributed by atoms with Gasteiger partial charge in [-0.15, -0.1) is 0 Å². The zero-order chi connectivity index (χ0) is 13.8. The molecule has 0 spiro atoms. The number of benzene rings is 1. The molecule has 1 saturated carbocycles. The van der Waals surface area contributed by atoms with E-state index in [1.807, 2.05) is 0 Å². The molecule has 1 aliphatic rings. The molecule has 19 heavy (non-hydrogen) atoms. The van der Waals surface area contributed by atoms with Crippen LogP contribution >= 0.6 is 15.9 Å². The highest BCUT2D eigenvalue weighted by molar-refractivity contribution is 9.10. The molecule has 0 heterocycles. The molecule has 3 nitrogen and oxygen atoms in total. The van der Waals surface area contributed by atoms with Gasteiger partial charge in [0.25, 0.3) is 0 Å². The minimum atomic E-state index is -0.645. The Labute approximate surface area is 120 Å². The first-order chi connectivity index (χ1) is 9.08. The van der Waals surface area contributed by atoms with Crippen molar-refractivity contribution in [2.24, 2.45) is 5.73 Å². The van der Waals surface area contributed by atoms with Crippen molar-refractivity contribution in [2.45, 2.75) is 44.2 Å². The first-order valence-electron chi connectivity index (χ1n) is 6.58. The van der Waals surface area contributed by atoms with Gasteiger partial charge in [0.1, 0.15) is 11.9 Å². The van der Waals surface area contributed by atoms with Crippen LogP contribution in [0.2, 0.25) is 0 Å². The Kier molecular flexibility index (Phi) is 4.93. The second kappa shape index (κ2) is 6.48. The smallest absolute Gasteiger partial charge is 0.239 e. The van der Waals surface area contributed by atoms with Crippen molar-refractivity contribution in [2.75, 3.05) is 0 Å². The maximum Gasteiger partial charge on any atom is 0.239 e. The Morgan fingerprint density at radius 3 is 2.68 bits per heavy atom. The lowest BCUT2D eigenvalue weighted by Crippen LogP contribution is -2.41. The molecule has 1 amide bonds. The molecule has 1 aromatic carbocycles. The zero-order valence-electron chi connectivity index (χ0n) is 10.7. The summed E-state index contributed by atoms with van der Waals surface area (Å²) in [7, 11) is 0. The predicted octanol–water partition coefficient (Wildman–Crippen LogP) is 3.04. The van der Waals surface area contributed by atoms with Crippen LogP contribution in [0.4, 0.5) is 4.39 Å². The molecule has 1 atom stereocenters. The predicted molar refractivity (Wildman–Crippen MR) is 76.0 cm³/mol. The Morgan fingerprint density at radius 1 is 1.37 bits per heavy atom. The number of rotatable bonds is 4. The molecule has 5 heteroatoms. The van der Waals surface area contributed by atoms with Crippen molar-refractivity contribution in [1.82, 2.24) is 5.32 Å². The number of primary amides is 1. The number of hydrogen-bond acceptors (Lipinski definition) is 2. The molecular formula is C14H18BrFN2O. The number of nitrogens with two attached hydrogens (primary N) is 1. The van der Waals surface area contributed by atoms with Gasteiger partial charge >= 0.3 is 0 Å². The fourth-order valence-corrected chi connectivity index (χ4v) is 3.04. The highest BCUT2D eigenvalue weighted by Crippen LogP contribution is 2.27. The molecule has 3 N–H and O–H groups in total. The fourth-order valence-electron chi connectivity index (χ4n) is 2.57. The Balaban J connectivity index is 2.19. The van der Waals surface area contributed by atoms with Crippen LogP contribution in [0.5, 0.6) is 0 Å². The Hall–Kier alpha value is -0.940. The van der Waals surface area contributed by atoms with Gasteiger partial charge in [0.05, 0.1) is 0 Å². The van der Waals surface area contributed by atoms with Crippen LogP contribution in [0.3, 0.4) is 0 Å². The third kappa shape index (κ3) is 3.76. The standard InChI is InChI=1S/C14H18BrFN2O/c15-12-7-6-9(16)8-11(12)13(14(17)19)18-10-4-2-1-3-5-10/h6-8,10,13,18H,1-5H2,(H2,17,19). The van der Waals surface area contributed by atoms with Crippen LogP contribution in [0.15, 0.2) is 22.7 Å². The van der Waals surface area contributed by atoms with Gasteiger partial charge in [-0.1, -0.05) is 35.2 Å². The van der Waals surface area contributed by atoms with E-state index < -0.39 is 11.9 Å². The van der Waals surface area contributed by atoms with E-state index in [0.29, 0.717) is 10.0 Å². The minimum absolute atomic E-state index is 0.279. The van der Waals surface area contributed by atoms with Gasteiger partial charge in [-0.3, -0.25) is 10.1 Å². The van der Waals surface area contributed by atoms with Crippen molar-refractivity contribution < 1.29 is 9.18 Å². The van der Waals surface area contributed by atoms with E-state index in [0.717, 1.165) is 25.7 Å². The molecule has 1 fully saturated rings. The fraction of sp³-hybridized carbons (Fsp3) is 0.500. The van der Waals surface area contributed by atoms with Crippen LogP contribution in [-0.2, 0) is 4.79 Å². The van der Waals surface area contributed by atoms with Crippen LogP contribution in [0, 0.1) is 5.82 Å². The molecule has 1 aromatic rings. The SMILES string of the molecule is NC(=O)C(NC1CCCCC1)c1cc(F)ccc1Br. The third-order valence-corrected chi connectivity index (χ3v) is 4.28. The van der Waals surface area contributed by atoms with Crippen LogP contribution in [-0.4, -0.2) is 11.9 Å². The normalized spacial score (nSPS) is 18.2. The molecule has 0 aromatic heterocycles. The Bertz CT molecular complexity index is 461. The van der Waals surface area contributed by atoms with Crippen molar-refractivity contribution in [3.63, 3.8) is 0 Å². The summed E-state index contributed by atoms with van der Waals surface area (Å²) in [5.41, 5.74) is 6.03. The highest BCUT2D eigenvalue weighted by atomic mass is 79.9. The zero-order valence-corrected chi connectivity index (χ0v) is 12.2. The molecule has 0 aliphatic heterocycles. The lowest BCUT2D eigenvalue weighted by atomic mass is 9.94. The molecule has 104 valence electrons. The second-order valence-corrected chi connectivity index (χ2v) is 5.86. The molecule has 0 bridgehead atoms. The summed E-state index contributed by atoms with van der Waals surface area (Å²) in [5, 5.41) is 3.27. The minimum Gasteiger partial charge on any atom is -0.368 e. The number of amides is 1. The summed E-state index contributed by atoms with van der Waals surface area (Å²) in [5.74, 6) is -0.841. The van der Waals surface area contributed by atoms with Gasteiger partial charge in [0.2, 0.25) is 5.91 Å². The summed E-state index contributed by atoms with van der Waals surface area (Å²) < 4.78 is 14.0. The van der Waals surface area contributed by atoms with Crippen molar-refractivity contribution >= 4 is 21.8 Å². The van der Waals surface area contributed by atoms with Gasteiger partial charge in [-0.25, -0.2) is 4.39 Å². The van der Waals surface area contributed by atoms with Gasteiger partial charge in [0, 0.05) is 10.5 Å².